The minimum Gasteiger partial charge on any atom is -0.500 e. The van der Waals surface area contributed by atoms with Crippen LogP contribution in [0.25, 0.3) is 0 Å². The maximum Gasteiger partial charge on any atom is 0.308 e. The van der Waals surface area contributed by atoms with Gasteiger partial charge in [0.2, 0.25) is 0 Å². The second-order valence-electron chi connectivity index (χ2n) is 7.72. The number of methoxy groups -OCH3 is 1. The summed E-state index contributed by atoms with van der Waals surface area (Å²) in [5.41, 5.74) is -2.15. The summed E-state index contributed by atoms with van der Waals surface area (Å²) in [6, 6.07) is 0. The third kappa shape index (κ3) is 7.70. The summed E-state index contributed by atoms with van der Waals surface area (Å²) in [7, 11) is 3.23. The Balaban J connectivity index is 3.34. The summed E-state index contributed by atoms with van der Waals surface area (Å²) in [6.07, 6.45) is 7.95. The van der Waals surface area contributed by atoms with Crippen molar-refractivity contribution < 1.29 is 32.1 Å². The van der Waals surface area contributed by atoms with E-state index in [-0.39, 0.29) is 29.8 Å². The van der Waals surface area contributed by atoms with Crippen LogP contribution in [0.5, 0.6) is 0 Å². The molecule has 1 unspecified atom stereocenters. The summed E-state index contributed by atoms with van der Waals surface area (Å²) in [6.45, 7) is 6.09. The topological polar surface area (TPSA) is 54.3 Å². The van der Waals surface area contributed by atoms with E-state index in [4.69, 9.17) is 9.47 Å². The van der Waals surface area contributed by atoms with E-state index in [0.29, 0.717) is 17.8 Å². The van der Waals surface area contributed by atoms with Crippen LogP contribution in [-0.2, 0) is 9.47 Å². The first-order valence-corrected chi connectivity index (χ1v) is 10.9. The van der Waals surface area contributed by atoms with E-state index in [0.717, 1.165) is 12.6 Å². The molecular formula is C25H34F4N2O3. The summed E-state index contributed by atoms with van der Waals surface area (Å²) in [4.78, 5) is 6.45. The number of aliphatic imine (C=N–C) groups is 1. The second kappa shape index (κ2) is 13.9. The molecule has 1 aliphatic carbocycles. The van der Waals surface area contributed by atoms with E-state index in [1.807, 2.05) is 18.9 Å². The first kappa shape index (κ1) is 29.4. The highest BCUT2D eigenvalue weighted by atomic mass is 19.3. The largest absolute Gasteiger partial charge is 0.500 e. The van der Waals surface area contributed by atoms with Gasteiger partial charge in [-0.3, -0.25) is 4.99 Å². The summed E-state index contributed by atoms with van der Waals surface area (Å²) in [5.74, 6) is -3.98. The molecule has 0 saturated heterocycles. The number of ether oxygens (including phenoxy) is 2. The molecular weight excluding hydrogens is 452 g/mol. The van der Waals surface area contributed by atoms with Gasteiger partial charge in [0.1, 0.15) is 11.5 Å². The van der Waals surface area contributed by atoms with E-state index in [1.54, 1.807) is 19.2 Å². The number of allylic oxidation sites excluding steroid dienone is 5. The van der Waals surface area contributed by atoms with Crippen molar-refractivity contribution in [2.45, 2.75) is 38.2 Å². The van der Waals surface area contributed by atoms with Crippen molar-refractivity contribution in [1.82, 2.24) is 4.90 Å². The van der Waals surface area contributed by atoms with Crippen LogP contribution in [-0.4, -0.2) is 68.3 Å². The number of aliphatic hydroxyl groups is 1. The van der Waals surface area contributed by atoms with Gasteiger partial charge in [0.25, 0.3) is 0 Å². The van der Waals surface area contributed by atoms with Gasteiger partial charge in [0.15, 0.2) is 12.3 Å². The van der Waals surface area contributed by atoms with Crippen LogP contribution >= 0.6 is 0 Å². The fraction of sp³-hybridized carbons (Fsp3) is 0.480. The lowest BCUT2D eigenvalue weighted by Crippen LogP contribution is -2.52. The minimum absolute atomic E-state index is 0.0608. The predicted octanol–water partition coefficient (Wildman–Crippen LogP) is 5.44. The molecule has 1 atom stereocenters. The zero-order valence-electron chi connectivity index (χ0n) is 20.2. The molecule has 0 saturated carbocycles. The van der Waals surface area contributed by atoms with Crippen molar-refractivity contribution in [2.24, 2.45) is 4.99 Å². The molecule has 0 amide bonds. The minimum atomic E-state index is -4.14. The highest BCUT2D eigenvalue weighted by Gasteiger charge is 2.56. The molecule has 0 radical (unpaired) electrons. The molecule has 34 heavy (non-hydrogen) atoms. The lowest BCUT2D eigenvalue weighted by atomic mass is 9.82. The molecule has 0 bridgehead atoms. The highest BCUT2D eigenvalue weighted by Crippen LogP contribution is 2.42. The monoisotopic (exact) mass is 486 g/mol. The van der Waals surface area contributed by atoms with Crippen molar-refractivity contribution in [3.63, 3.8) is 0 Å². The van der Waals surface area contributed by atoms with Gasteiger partial charge in [-0.05, 0) is 50.4 Å². The molecule has 1 N–H and O–H groups in total. The fourth-order valence-electron chi connectivity index (χ4n) is 3.18. The molecule has 0 fully saturated rings. The zero-order chi connectivity index (χ0) is 25.8. The molecule has 0 aromatic rings. The number of nitrogens with zero attached hydrogens (tertiary/aromatic N) is 2. The summed E-state index contributed by atoms with van der Waals surface area (Å²) in [5, 5.41) is 11.2. The Hall–Kier alpha value is -2.65. The van der Waals surface area contributed by atoms with Gasteiger partial charge in [-0.25, -0.2) is 17.6 Å². The Kier molecular flexibility index (Phi) is 12.0. The Labute approximate surface area is 199 Å². The van der Waals surface area contributed by atoms with Crippen LogP contribution in [0.1, 0.15) is 26.7 Å². The number of alkyl halides is 3. The Bertz CT molecular complexity index is 875. The van der Waals surface area contributed by atoms with Gasteiger partial charge >= 0.3 is 5.92 Å². The molecule has 1 rings (SSSR count). The van der Waals surface area contributed by atoms with Gasteiger partial charge in [0.05, 0.1) is 25.7 Å². The van der Waals surface area contributed by atoms with Crippen LogP contribution in [0.15, 0.2) is 76.6 Å². The van der Waals surface area contributed by atoms with Crippen molar-refractivity contribution >= 4 is 6.21 Å². The van der Waals surface area contributed by atoms with Crippen molar-refractivity contribution in [3.05, 3.63) is 71.7 Å². The molecule has 0 aromatic carbocycles. The number of halogens is 4. The van der Waals surface area contributed by atoms with Gasteiger partial charge in [-0.2, -0.15) is 0 Å². The van der Waals surface area contributed by atoms with E-state index >= 15 is 0 Å². The standard InChI is InChI=1S/C25H34F4N2O3/c1-6-20(9-8-13-26)34-16-12-24(32,25(28,29)18-27)21-17-19(3)22(10-11-23(21)33-5)30-14-15-31(4)7-2/h6,8-10,13-14,17,32H,1,7,11-12,15-16,18H2,2-5H3/b13-8+,20-9+,30-14?. The molecule has 1 aliphatic rings. The normalized spacial score (nSPS) is 17.6. The lowest BCUT2D eigenvalue weighted by molar-refractivity contribution is -0.176. The molecule has 5 nitrogen and oxygen atoms in total. The average Bonchev–Trinajstić information content (AvgIpc) is 2.99. The molecule has 190 valence electrons. The second-order valence-corrected chi connectivity index (χ2v) is 7.72. The van der Waals surface area contributed by atoms with Gasteiger partial charge in [0, 0.05) is 31.2 Å². The van der Waals surface area contributed by atoms with Gasteiger partial charge < -0.3 is 19.5 Å². The Morgan fingerprint density at radius 1 is 1.38 bits per heavy atom. The highest BCUT2D eigenvalue weighted by molar-refractivity contribution is 5.63. The van der Waals surface area contributed by atoms with E-state index < -0.39 is 31.2 Å². The van der Waals surface area contributed by atoms with Crippen LogP contribution in [0, 0.1) is 0 Å². The smallest absolute Gasteiger partial charge is 0.308 e. The molecule has 9 heteroatoms. The Morgan fingerprint density at radius 3 is 2.65 bits per heavy atom. The van der Waals surface area contributed by atoms with Crippen LogP contribution < -0.4 is 0 Å². The zero-order valence-corrected chi connectivity index (χ0v) is 20.2. The summed E-state index contributed by atoms with van der Waals surface area (Å²) >= 11 is 0. The molecule has 0 aromatic heterocycles. The molecule has 0 spiro atoms. The average molecular weight is 487 g/mol. The first-order chi connectivity index (χ1) is 16.1. The molecule has 0 aliphatic heterocycles. The predicted molar refractivity (Wildman–Crippen MR) is 127 cm³/mol. The lowest BCUT2D eigenvalue weighted by Gasteiger charge is -2.36. The summed E-state index contributed by atoms with van der Waals surface area (Å²) < 4.78 is 66.0. The third-order valence-electron chi connectivity index (χ3n) is 5.44. The maximum atomic E-state index is 14.8. The van der Waals surface area contributed by atoms with Crippen molar-refractivity contribution in [2.75, 3.05) is 40.5 Å². The molecule has 0 heterocycles. The van der Waals surface area contributed by atoms with Crippen molar-refractivity contribution in [3.8, 4) is 0 Å². The Morgan fingerprint density at radius 2 is 2.09 bits per heavy atom. The first-order valence-electron chi connectivity index (χ1n) is 10.9. The van der Waals surface area contributed by atoms with Gasteiger partial charge in [-0.15, -0.1) is 0 Å². The van der Waals surface area contributed by atoms with Gasteiger partial charge in [-0.1, -0.05) is 19.6 Å². The van der Waals surface area contributed by atoms with E-state index in [1.165, 1.54) is 25.3 Å². The van der Waals surface area contributed by atoms with E-state index in [9.17, 15) is 22.7 Å². The van der Waals surface area contributed by atoms with Crippen LogP contribution in [0.4, 0.5) is 17.6 Å². The number of hydrogen-bond donors (Lipinski definition) is 1. The van der Waals surface area contributed by atoms with Crippen molar-refractivity contribution in [1.29, 1.82) is 0 Å². The van der Waals surface area contributed by atoms with Crippen LogP contribution in [0.2, 0.25) is 0 Å². The fourth-order valence-corrected chi connectivity index (χ4v) is 3.18. The SMILES string of the molecule is C=C/C(=C\C=C\F)OCCC(O)(C1=C(OC)CC=C(N=CCN(C)CC)C(C)=C1)C(F)(F)CF. The number of hydrogen-bond acceptors (Lipinski definition) is 5. The number of rotatable bonds is 14. The third-order valence-corrected chi connectivity index (χ3v) is 5.44. The maximum absolute atomic E-state index is 14.8. The van der Waals surface area contributed by atoms with Crippen LogP contribution in [0.3, 0.4) is 0 Å². The quantitative estimate of drug-likeness (QED) is 0.154. The van der Waals surface area contributed by atoms with E-state index in [2.05, 4.69) is 11.6 Å².